The third-order valence-electron chi connectivity index (χ3n) is 5.96. The lowest BCUT2D eigenvalue weighted by Gasteiger charge is -2.36. The third-order valence-corrected chi connectivity index (χ3v) is 7.92. The molecule has 0 saturated carbocycles. The highest BCUT2D eigenvalue weighted by Crippen LogP contribution is 2.40. The molecule has 3 rings (SSSR count). The van der Waals surface area contributed by atoms with Crippen molar-refractivity contribution in [1.29, 1.82) is 0 Å². The lowest BCUT2D eigenvalue weighted by Crippen LogP contribution is -2.50. The summed E-state index contributed by atoms with van der Waals surface area (Å²) < 4.78 is 32.7. The van der Waals surface area contributed by atoms with E-state index < -0.39 is 15.4 Å². The summed E-state index contributed by atoms with van der Waals surface area (Å²) in [4.78, 5) is 16.6. The maximum Gasteiger partial charge on any atom is 0.373 e. The molecule has 0 amide bonds. The largest absolute Gasteiger partial charge is 0.496 e. The average Bonchev–Trinajstić information content (AvgIpc) is 2.90. The van der Waals surface area contributed by atoms with Crippen molar-refractivity contribution >= 4 is 22.1 Å². The molecule has 32 heavy (non-hydrogen) atoms. The fraction of sp³-hybridized carbons (Fsp3) is 0.400. The highest BCUT2D eigenvalue weighted by Gasteiger charge is 2.42. The monoisotopic (exact) mass is 457 g/mol. The minimum absolute atomic E-state index is 0.0930. The molecule has 7 heteroatoms. The van der Waals surface area contributed by atoms with Gasteiger partial charge in [0.25, 0.3) is 0 Å². The van der Waals surface area contributed by atoms with E-state index >= 15 is 0 Å². The van der Waals surface area contributed by atoms with Gasteiger partial charge in [0, 0.05) is 11.1 Å². The van der Waals surface area contributed by atoms with Crippen LogP contribution in [0.2, 0.25) is 0 Å². The van der Waals surface area contributed by atoms with Gasteiger partial charge in [-0.3, -0.25) is 5.32 Å². The highest BCUT2D eigenvalue weighted by atomic mass is 32.2. The van der Waals surface area contributed by atoms with E-state index in [2.05, 4.69) is 25.7 Å². The smallest absolute Gasteiger partial charge is 0.373 e. The van der Waals surface area contributed by atoms with Crippen LogP contribution in [0.3, 0.4) is 0 Å². The van der Waals surface area contributed by atoms with Gasteiger partial charge in [-0.25, -0.2) is 8.42 Å². The first-order valence-electron chi connectivity index (χ1n) is 10.7. The van der Waals surface area contributed by atoms with Crippen molar-refractivity contribution in [2.24, 2.45) is 0 Å². The van der Waals surface area contributed by atoms with E-state index in [-0.39, 0.29) is 17.9 Å². The number of nitrogens with one attached hydrogen (secondary N) is 1. The summed E-state index contributed by atoms with van der Waals surface area (Å²) in [5.41, 5.74) is 2.01. The Morgan fingerprint density at radius 2 is 1.88 bits per heavy atom. The van der Waals surface area contributed by atoms with Crippen LogP contribution in [0.15, 0.2) is 53.9 Å². The zero-order chi connectivity index (χ0) is 23.8. The van der Waals surface area contributed by atoms with Crippen LogP contribution in [0, 0.1) is 0 Å². The molecule has 1 aliphatic heterocycles. The van der Waals surface area contributed by atoms with Gasteiger partial charge < -0.3 is 4.74 Å². The second kappa shape index (κ2) is 11.2. The molecule has 0 radical (unpaired) electrons. The Morgan fingerprint density at radius 3 is 2.41 bits per heavy atom. The molecular weight excluding hydrogens is 426 g/mol. The molecule has 0 aliphatic carbocycles. The van der Waals surface area contributed by atoms with Gasteiger partial charge in [0.1, 0.15) is 5.75 Å². The van der Waals surface area contributed by atoms with E-state index in [9.17, 15) is 8.42 Å². The Hall–Kier alpha value is -2.73. The number of methoxy groups -OCH3 is 1. The lowest BCUT2D eigenvalue weighted by atomic mass is 9.88. The number of rotatable bonds is 7. The molecule has 0 aromatic heterocycles. The molecule has 0 spiro atoms. The van der Waals surface area contributed by atoms with Gasteiger partial charge in [-0.15, -0.1) is 0 Å². The molecule has 1 N–H and O–H groups in total. The van der Waals surface area contributed by atoms with E-state index in [1.807, 2.05) is 36.4 Å². The fourth-order valence-corrected chi connectivity index (χ4v) is 6.40. The summed E-state index contributed by atoms with van der Waals surface area (Å²) in [6, 6.07) is 13.4. The molecule has 1 heterocycles. The number of unbranched alkanes of at least 4 members (excludes halogenated alkanes) is 1. The zero-order valence-electron chi connectivity index (χ0n) is 18.9. The molecule has 2 aromatic carbocycles. The van der Waals surface area contributed by atoms with E-state index in [4.69, 9.17) is 14.3 Å². The van der Waals surface area contributed by atoms with Crippen LogP contribution in [-0.4, -0.2) is 33.0 Å². The molecule has 172 valence electrons. The molecule has 0 fully saturated rings. The summed E-state index contributed by atoms with van der Waals surface area (Å²) in [7, 11) is -1.89. The van der Waals surface area contributed by atoms with Crippen LogP contribution < -0.4 is 10.1 Å². The van der Waals surface area contributed by atoms with Crippen LogP contribution in [0.25, 0.3) is 6.08 Å². The van der Waals surface area contributed by atoms with Crippen LogP contribution in [-0.2, 0) is 19.4 Å². The van der Waals surface area contributed by atoms with Gasteiger partial charge in [-0.1, -0.05) is 69.7 Å². The maximum absolute atomic E-state index is 13.6. The Bertz CT molecular complexity index is 1060. The molecule has 1 aliphatic rings. The second-order valence-electron chi connectivity index (χ2n) is 7.90. The van der Waals surface area contributed by atoms with Crippen molar-refractivity contribution in [2.45, 2.75) is 56.0 Å². The number of sulfone groups is 1. The summed E-state index contributed by atoms with van der Waals surface area (Å²) in [5.74, 6) is 0.727. The number of fused-ring (bicyclic) bond motifs is 1. The second-order valence-corrected chi connectivity index (χ2v) is 9.86. The molecule has 2 aromatic rings. The Labute approximate surface area is 190 Å². The number of carbonyl (C=O) groups excluding carboxylic acids is 2. The number of ether oxygens (including phenoxy) is 1. The predicted octanol–water partition coefficient (Wildman–Crippen LogP) is 4.56. The molecule has 0 bridgehead atoms. The molecular formula is C25H31NO5S. The van der Waals surface area contributed by atoms with E-state index in [0.29, 0.717) is 16.2 Å². The number of hydrogen-bond acceptors (Lipinski definition) is 6. The summed E-state index contributed by atoms with van der Waals surface area (Å²) in [6.07, 6.45) is 5.47. The van der Waals surface area contributed by atoms with E-state index in [1.165, 1.54) is 0 Å². The highest BCUT2D eigenvalue weighted by molar-refractivity contribution is 7.91. The first kappa shape index (κ1) is 25.5. The van der Waals surface area contributed by atoms with Gasteiger partial charge in [0.05, 0.1) is 23.8 Å². The first-order valence-corrected chi connectivity index (χ1v) is 12.4. The zero-order valence-corrected chi connectivity index (χ0v) is 19.7. The summed E-state index contributed by atoms with van der Waals surface area (Å²) in [5, 5.41) is 3.77. The SMILES string of the molecule is C=Cc1cc2c(cc1OC)[C@@H](c1ccccc1)N[C@](CC)(CCCC)CS2(=O)=O.O=C=O. The number of benzene rings is 2. The average molecular weight is 458 g/mol. The predicted molar refractivity (Wildman–Crippen MR) is 124 cm³/mol. The van der Waals surface area contributed by atoms with E-state index in [1.54, 1.807) is 19.3 Å². The van der Waals surface area contributed by atoms with Crippen molar-refractivity contribution in [3.63, 3.8) is 0 Å². The minimum atomic E-state index is -3.49. The summed E-state index contributed by atoms with van der Waals surface area (Å²) >= 11 is 0. The van der Waals surface area contributed by atoms with Crippen LogP contribution in [0.4, 0.5) is 0 Å². The van der Waals surface area contributed by atoms with Gasteiger partial charge >= 0.3 is 6.15 Å². The Kier molecular flexibility index (Phi) is 8.96. The molecule has 6 nitrogen and oxygen atoms in total. The topological polar surface area (TPSA) is 89.5 Å². The van der Waals surface area contributed by atoms with Crippen molar-refractivity contribution in [3.05, 3.63) is 65.7 Å². The quantitative estimate of drug-likeness (QED) is 0.656. The van der Waals surface area contributed by atoms with Gasteiger partial charge in [0.15, 0.2) is 9.84 Å². The van der Waals surface area contributed by atoms with Gasteiger partial charge in [0.2, 0.25) is 0 Å². The first-order chi connectivity index (χ1) is 15.3. The van der Waals surface area contributed by atoms with Gasteiger partial charge in [-0.2, -0.15) is 9.59 Å². The Morgan fingerprint density at radius 1 is 1.22 bits per heavy atom. The van der Waals surface area contributed by atoms with Gasteiger partial charge in [-0.05, 0) is 36.1 Å². The standard InChI is InChI=1S/C24H31NO3S.CO2/c1-5-8-14-24(7-3)17-29(26,27)22-15-18(6-2)21(28-4)16-20(22)23(25-24)19-12-10-9-11-13-19;2-1-3/h6,9-13,15-16,23,25H,2,5,7-8,14,17H2,1,3-4H3;/t23-,24-;/m1./s1. The molecule has 0 saturated heterocycles. The van der Waals surface area contributed by atoms with Crippen molar-refractivity contribution < 1.29 is 22.7 Å². The van der Waals surface area contributed by atoms with Crippen molar-refractivity contribution in [1.82, 2.24) is 5.32 Å². The molecule has 0 unspecified atom stereocenters. The van der Waals surface area contributed by atoms with Crippen LogP contribution in [0.5, 0.6) is 5.75 Å². The molecule has 2 atom stereocenters. The minimum Gasteiger partial charge on any atom is -0.496 e. The van der Waals surface area contributed by atoms with Crippen LogP contribution >= 0.6 is 0 Å². The third kappa shape index (κ3) is 5.54. The van der Waals surface area contributed by atoms with E-state index in [0.717, 1.165) is 36.8 Å². The van der Waals surface area contributed by atoms with Crippen molar-refractivity contribution in [3.8, 4) is 5.75 Å². The number of hydrogen-bond donors (Lipinski definition) is 1. The fourth-order valence-electron chi connectivity index (χ4n) is 4.24. The lowest BCUT2D eigenvalue weighted by molar-refractivity contribution is -0.191. The summed E-state index contributed by atoms with van der Waals surface area (Å²) in [6.45, 7) is 8.05. The maximum atomic E-state index is 13.6. The van der Waals surface area contributed by atoms with Crippen LogP contribution in [0.1, 0.15) is 62.3 Å². The van der Waals surface area contributed by atoms with Crippen molar-refractivity contribution in [2.75, 3.05) is 12.9 Å². The normalized spacial score (nSPS) is 21.2. The Balaban J connectivity index is 0.00000114.